The minimum absolute atomic E-state index is 0.0657. The van der Waals surface area contributed by atoms with Crippen LogP contribution in [0, 0.1) is 6.92 Å². The first-order valence-electron chi connectivity index (χ1n) is 11.0. The molecule has 1 saturated heterocycles. The number of nitrogens with one attached hydrogen (secondary N) is 2. The number of methoxy groups -OCH3 is 1. The number of ether oxygens (including phenoxy) is 1. The molecule has 2 N–H and O–H groups in total. The summed E-state index contributed by atoms with van der Waals surface area (Å²) in [6, 6.07) is 17.1. The summed E-state index contributed by atoms with van der Waals surface area (Å²) in [7, 11) is 1.62. The van der Waals surface area contributed by atoms with Crippen molar-refractivity contribution >= 4 is 29.0 Å². The molecule has 32 heavy (non-hydrogen) atoms. The van der Waals surface area contributed by atoms with Crippen molar-refractivity contribution in [1.82, 2.24) is 9.97 Å². The second kappa shape index (κ2) is 10.1. The Hall–Kier alpha value is -3.61. The maximum Gasteiger partial charge on any atom is 0.229 e. The lowest BCUT2D eigenvalue weighted by Gasteiger charge is -2.28. The van der Waals surface area contributed by atoms with E-state index in [2.05, 4.69) is 20.5 Å². The molecule has 1 aromatic heterocycles. The SMILES string of the molecule is COc1ccc(CC(=O)Nc2ccc(Nc3nc(C)cc(N4CCCCC4)n3)cc2)cc1. The highest BCUT2D eigenvalue weighted by atomic mass is 16.5. The Labute approximate surface area is 188 Å². The summed E-state index contributed by atoms with van der Waals surface area (Å²) in [5.41, 5.74) is 3.48. The number of carbonyl (C=O) groups excluding carboxylic acids is 1. The molecule has 166 valence electrons. The molecule has 0 bridgehead atoms. The molecular formula is C25H29N5O2. The van der Waals surface area contributed by atoms with Crippen LogP contribution in [-0.2, 0) is 11.2 Å². The highest BCUT2D eigenvalue weighted by molar-refractivity contribution is 5.92. The van der Waals surface area contributed by atoms with Crippen molar-refractivity contribution < 1.29 is 9.53 Å². The van der Waals surface area contributed by atoms with E-state index < -0.39 is 0 Å². The van der Waals surface area contributed by atoms with Crippen molar-refractivity contribution in [2.45, 2.75) is 32.6 Å². The molecule has 0 radical (unpaired) electrons. The third-order valence-corrected chi connectivity index (χ3v) is 5.47. The summed E-state index contributed by atoms with van der Waals surface area (Å²) in [6.45, 7) is 4.07. The molecule has 0 atom stereocenters. The topological polar surface area (TPSA) is 79.4 Å². The average molecular weight is 432 g/mol. The van der Waals surface area contributed by atoms with Crippen LogP contribution in [0.1, 0.15) is 30.5 Å². The van der Waals surface area contributed by atoms with Gasteiger partial charge in [0.05, 0.1) is 13.5 Å². The summed E-state index contributed by atoms with van der Waals surface area (Å²) in [4.78, 5) is 23.9. The first-order valence-corrected chi connectivity index (χ1v) is 11.0. The molecule has 0 aliphatic carbocycles. The second-order valence-electron chi connectivity index (χ2n) is 8.01. The number of amides is 1. The molecule has 1 aliphatic rings. The van der Waals surface area contributed by atoms with Crippen molar-refractivity contribution in [2.24, 2.45) is 0 Å². The maximum atomic E-state index is 12.4. The largest absolute Gasteiger partial charge is 0.497 e. The molecule has 1 amide bonds. The maximum absolute atomic E-state index is 12.4. The third kappa shape index (κ3) is 5.75. The first-order chi connectivity index (χ1) is 15.6. The zero-order chi connectivity index (χ0) is 22.3. The Morgan fingerprint density at radius 2 is 1.66 bits per heavy atom. The van der Waals surface area contributed by atoms with E-state index in [4.69, 9.17) is 9.72 Å². The van der Waals surface area contributed by atoms with E-state index in [9.17, 15) is 4.79 Å². The smallest absolute Gasteiger partial charge is 0.229 e. The van der Waals surface area contributed by atoms with Gasteiger partial charge in [0.25, 0.3) is 0 Å². The first kappa shape index (κ1) is 21.6. The Bertz CT molecular complexity index is 1040. The van der Waals surface area contributed by atoms with E-state index in [1.807, 2.05) is 61.5 Å². The Balaban J connectivity index is 1.36. The van der Waals surface area contributed by atoms with Gasteiger partial charge in [0, 0.05) is 36.2 Å². The number of aromatic nitrogens is 2. The van der Waals surface area contributed by atoms with Crippen molar-refractivity contribution in [2.75, 3.05) is 35.7 Å². The predicted octanol–water partition coefficient (Wildman–Crippen LogP) is 4.71. The average Bonchev–Trinajstić information content (AvgIpc) is 2.81. The monoisotopic (exact) mass is 431 g/mol. The van der Waals surface area contributed by atoms with Gasteiger partial charge in [-0.2, -0.15) is 4.98 Å². The molecule has 2 aromatic carbocycles. The van der Waals surface area contributed by atoms with Crippen molar-refractivity contribution in [3.63, 3.8) is 0 Å². The van der Waals surface area contributed by atoms with Crippen molar-refractivity contribution in [3.8, 4) is 5.75 Å². The molecule has 0 unspecified atom stereocenters. The molecular weight excluding hydrogens is 402 g/mol. The summed E-state index contributed by atoms with van der Waals surface area (Å²) in [5, 5.41) is 6.22. The van der Waals surface area contributed by atoms with Gasteiger partial charge in [0.15, 0.2) is 0 Å². The van der Waals surface area contributed by atoms with Crippen molar-refractivity contribution in [3.05, 3.63) is 65.9 Å². The van der Waals surface area contributed by atoms with Gasteiger partial charge in [0.1, 0.15) is 11.6 Å². The van der Waals surface area contributed by atoms with Crippen LogP contribution >= 0.6 is 0 Å². The molecule has 1 aliphatic heterocycles. The fraction of sp³-hybridized carbons (Fsp3) is 0.320. The van der Waals surface area contributed by atoms with E-state index in [-0.39, 0.29) is 5.91 Å². The lowest BCUT2D eigenvalue weighted by Crippen LogP contribution is -2.30. The molecule has 7 nitrogen and oxygen atoms in total. The second-order valence-corrected chi connectivity index (χ2v) is 8.01. The fourth-order valence-corrected chi connectivity index (χ4v) is 3.79. The van der Waals surface area contributed by atoms with Gasteiger partial charge in [-0.05, 0) is 68.1 Å². The normalized spacial score (nSPS) is 13.5. The van der Waals surface area contributed by atoms with E-state index in [1.54, 1.807) is 7.11 Å². The fourth-order valence-electron chi connectivity index (χ4n) is 3.79. The highest BCUT2D eigenvalue weighted by Crippen LogP contribution is 2.22. The van der Waals surface area contributed by atoms with Crippen LogP contribution in [0.2, 0.25) is 0 Å². The van der Waals surface area contributed by atoms with Gasteiger partial charge in [0.2, 0.25) is 11.9 Å². The minimum atomic E-state index is -0.0657. The molecule has 4 rings (SSSR count). The highest BCUT2D eigenvalue weighted by Gasteiger charge is 2.14. The van der Waals surface area contributed by atoms with Crippen LogP contribution in [0.25, 0.3) is 0 Å². The van der Waals surface area contributed by atoms with Gasteiger partial charge >= 0.3 is 0 Å². The number of piperidine rings is 1. The number of aryl methyl sites for hydroxylation is 1. The van der Waals surface area contributed by atoms with E-state index in [1.165, 1.54) is 19.3 Å². The third-order valence-electron chi connectivity index (χ3n) is 5.47. The lowest BCUT2D eigenvalue weighted by atomic mass is 10.1. The molecule has 2 heterocycles. The van der Waals surface area contributed by atoms with Gasteiger partial charge in [-0.25, -0.2) is 4.98 Å². The van der Waals surface area contributed by atoms with Crippen LogP contribution in [0.3, 0.4) is 0 Å². The van der Waals surface area contributed by atoms with Crippen LogP contribution in [0.5, 0.6) is 5.75 Å². The standard InChI is InChI=1S/C25H29N5O2/c1-18-16-23(30-14-4-3-5-15-30)29-25(26-18)28-21-10-8-20(9-11-21)27-24(31)17-19-6-12-22(32-2)13-7-19/h6-13,16H,3-5,14-15,17H2,1-2H3,(H,27,31)(H,26,28,29). The van der Waals surface area contributed by atoms with Crippen LogP contribution in [-0.4, -0.2) is 36.1 Å². The number of rotatable bonds is 7. The molecule has 3 aromatic rings. The summed E-state index contributed by atoms with van der Waals surface area (Å²) in [5.74, 6) is 2.27. The van der Waals surface area contributed by atoms with E-state index in [0.29, 0.717) is 12.4 Å². The molecule has 1 fully saturated rings. The Morgan fingerprint density at radius 3 is 2.34 bits per heavy atom. The Morgan fingerprint density at radius 1 is 0.969 bits per heavy atom. The van der Waals surface area contributed by atoms with Gasteiger partial charge in [-0.15, -0.1) is 0 Å². The number of hydrogen-bond acceptors (Lipinski definition) is 6. The van der Waals surface area contributed by atoms with Gasteiger partial charge in [-0.1, -0.05) is 12.1 Å². The summed E-state index contributed by atoms with van der Waals surface area (Å²) >= 11 is 0. The molecule has 0 spiro atoms. The molecule has 7 heteroatoms. The lowest BCUT2D eigenvalue weighted by molar-refractivity contribution is -0.115. The Kier molecular flexibility index (Phi) is 6.84. The summed E-state index contributed by atoms with van der Waals surface area (Å²) < 4.78 is 5.15. The van der Waals surface area contributed by atoms with Crippen LogP contribution in [0.15, 0.2) is 54.6 Å². The van der Waals surface area contributed by atoms with E-state index >= 15 is 0 Å². The number of anilines is 4. The van der Waals surface area contributed by atoms with Gasteiger partial charge in [-0.3, -0.25) is 4.79 Å². The number of benzene rings is 2. The quantitative estimate of drug-likeness (QED) is 0.564. The zero-order valence-corrected chi connectivity index (χ0v) is 18.6. The predicted molar refractivity (Wildman–Crippen MR) is 128 cm³/mol. The van der Waals surface area contributed by atoms with E-state index in [0.717, 1.165) is 47.3 Å². The molecule has 0 saturated carbocycles. The zero-order valence-electron chi connectivity index (χ0n) is 18.6. The number of carbonyl (C=O) groups is 1. The minimum Gasteiger partial charge on any atom is -0.497 e. The van der Waals surface area contributed by atoms with Gasteiger partial charge < -0.3 is 20.3 Å². The van der Waals surface area contributed by atoms with Crippen LogP contribution < -0.4 is 20.3 Å². The van der Waals surface area contributed by atoms with Crippen molar-refractivity contribution in [1.29, 1.82) is 0 Å². The number of nitrogens with zero attached hydrogens (tertiary/aromatic N) is 3. The summed E-state index contributed by atoms with van der Waals surface area (Å²) in [6.07, 6.45) is 4.00. The number of hydrogen-bond donors (Lipinski definition) is 2. The van der Waals surface area contributed by atoms with Crippen LogP contribution in [0.4, 0.5) is 23.1 Å².